The Kier molecular flexibility index (Phi) is 10.3. The van der Waals surface area contributed by atoms with E-state index in [0.29, 0.717) is 53.2 Å². The van der Waals surface area contributed by atoms with Crippen molar-refractivity contribution in [2.45, 2.75) is 12.8 Å². The fraction of sp³-hybridized carbons (Fsp3) is 0.286. The summed E-state index contributed by atoms with van der Waals surface area (Å²) >= 11 is 12.0. The van der Waals surface area contributed by atoms with Gasteiger partial charge in [-0.1, -0.05) is 23.2 Å². The molecule has 2 rings (SSSR count). The Bertz CT molecular complexity index is 634. The summed E-state index contributed by atoms with van der Waals surface area (Å²) in [7, 11) is 0. The number of benzene rings is 1. The Morgan fingerprint density at radius 1 is 1.30 bits per heavy atom. The summed E-state index contributed by atoms with van der Waals surface area (Å²) in [6, 6.07) is 5.13. The molecule has 1 aromatic carbocycles. The van der Waals surface area contributed by atoms with E-state index >= 15 is 0 Å². The first-order valence-electron chi connectivity index (χ1n) is 6.47. The number of nitrogens with one attached hydrogen (secondary N) is 1. The van der Waals surface area contributed by atoms with E-state index in [9.17, 15) is 4.79 Å². The van der Waals surface area contributed by atoms with Gasteiger partial charge in [-0.15, -0.1) is 24.8 Å². The van der Waals surface area contributed by atoms with Gasteiger partial charge in [0.2, 0.25) is 5.91 Å². The van der Waals surface area contributed by atoms with E-state index < -0.39 is 0 Å². The molecule has 0 fully saturated rings. The highest BCUT2D eigenvalue weighted by molar-refractivity contribution is 6.36. The van der Waals surface area contributed by atoms with Crippen LogP contribution < -0.4 is 11.1 Å². The third-order valence-electron chi connectivity index (χ3n) is 2.78. The highest BCUT2D eigenvalue weighted by atomic mass is 35.5. The Morgan fingerprint density at radius 3 is 2.70 bits per heavy atom. The van der Waals surface area contributed by atoms with Gasteiger partial charge in [-0.05, 0) is 18.2 Å². The van der Waals surface area contributed by atoms with E-state index in [0.717, 1.165) is 0 Å². The molecule has 1 amide bonds. The van der Waals surface area contributed by atoms with E-state index in [1.807, 2.05) is 0 Å². The Morgan fingerprint density at radius 2 is 2.04 bits per heavy atom. The minimum Gasteiger partial charge on any atom is -0.441 e. The first-order chi connectivity index (χ1) is 10.1. The molecule has 0 aliphatic carbocycles. The maximum atomic E-state index is 11.5. The van der Waals surface area contributed by atoms with Gasteiger partial charge in [-0.3, -0.25) is 4.79 Å². The molecule has 23 heavy (non-hydrogen) atoms. The van der Waals surface area contributed by atoms with Gasteiger partial charge in [-0.25, -0.2) is 4.98 Å². The number of hydrogen-bond donors (Lipinski definition) is 2. The molecule has 0 saturated carbocycles. The molecule has 0 atom stereocenters. The quantitative estimate of drug-likeness (QED) is 0.777. The average molecular weight is 401 g/mol. The third kappa shape index (κ3) is 6.57. The summed E-state index contributed by atoms with van der Waals surface area (Å²) in [4.78, 5) is 15.6. The van der Waals surface area contributed by atoms with Crippen LogP contribution in [0.4, 0.5) is 0 Å². The maximum Gasteiger partial charge on any atom is 0.220 e. The lowest BCUT2D eigenvalue weighted by Crippen LogP contribution is -2.29. The van der Waals surface area contributed by atoms with Gasteiger partial charge in [0.25, 0.3) is 0 Å². The molecule has 5 nitrogen and oxygen atoms in total. The van der Waals surface area contributed by atoms with Crippen LogP contribution in [0.3, 0.4) is 0 Å². The van der Waals surface area contributed by atoms with Gasteiger partial charge in [0.05, 0.1) is 11.2 Å². The molecule has 0 aliphatic rings. The van der Waals surface area contributed by atoms with E-state index in [-0.39, 0.29) is 30.7 Å². The molecular formula is C14H17Cl4N3O2. The number of aryl methyl sites for hydroxylation is 1. The predicted molar refractivity (Wildman–Crippen MR) is 96.8 cm³/mol. The van der Waals surface area contributed by atoms with Crippen molar-refractivity contribution in [3.63, 3.8) is 0 Å². The summed E-state index contributed by atoms with van der Waals surface area (Å²) in [6.45, 7) is 0.889. The van der Waals surface area contributed by atoms with Gasteiger partial charge < -0.3 is 15.5 Å². The number of nitrogens with two attached hydrogens (primary N) is 1. The molecule has 1 aromatic heterocycles. The van der Waals surface area contributed by atoms with Crippen LogP contribution >= 0.6 is 48.0 Å². The molecule has 0 bridgehead atoms. The van der Waals surface area contributed by atoms with Crippen molar-refractivity contribution < 1.29 is 9.21 Å². The molecule has 1 heterocycles. The first-order valence-corrected chi connectivity index (χ1v) is 7.22. The molecule has 0 saturated heterocycles. The summed E-state index contributed by atoms with van der Waals surface area (Å²) in [5.74, 6) is 0.956. The number of carbonyl (C=O) groups excluding carboxylic acids is 1. The normalized spacial score (nSPS) is 9.70. The summed E-state index contributed by atoms with van der Waals surface area (Å²) < 4.78 is 5.60. The molecule has 0 aliphatic heterocycles. The zero-order valence-corrected chi connectivity index (χ0v) is 15.2. The molecule has 3 N–H and O–H groups in total. The average Bonchev–Trinajstić information content (AvgIpc) is 2.91. The van der Waals surface area contributed by atoms with Crippen molar-refractivity contribution in [2.75, 3.05) is 13.1 Å². The maximum absolute atomic E-state index is 11.5. The fourth-order valence-corrected chi connectivity index (χ4v) is 2.26. The molecule has 2 aromatic rings. The minimum absolute atomic E-state index is 0. The standard InChI is InChI=1S/C14H15Cl2N3O2.2ClH/c15-9-1-2-10(11(16)7-9)12-8-19-14(21-12)4-3-13(20)18-6-5-17;;/h1-2,7-8H,3-6,17H2,(H,18,20);2*1H. The molecule has 0 unspecified atom stereocenters. The van der Waals surface area contributed by atoms with E-state index in [2.05, 4.69) is 10.3 Å². The molecule has 128 valence electrons. The van der Waals surface area contributed by atoms with Crippen LogP contribution in [-0.2, 0) is 11.2 Å². The van der Waals surface area contributed by atoms with Crippen LogP contribution in [0.2, 0.25) is 10.0 Å². The summed E-state index contributed by atoms with van der Waals surface area (Å²) in [6.07, 6.45) is 2.30. The minimum atomic E-state index is -0.0790. The van der Waals surface area contributed by atoms with Crippen molar-refractivity contribution in [1.82, 2.24) is 10.3 Å². The van der Waals surface area contributed by atoms with Crippen LogP contribution in [0, 0.1) is 0 Å². The number of halogens is 4. The van der Waals surface area contributed by atoms with Crippen LogP contribution in [0.15, 0.2) is 28.8 Å². The van der Waals surface area contributed by atoms with Crippen molar-refractivity contribution in [3.05, 3.63) is 40.3 Å². The molecule has 0 radical (unpaired) electrons. The highest BCUT2D eigenvalue weighted by Gasteiger charge is 2.11. The van der Waals surface area contributed by atoms with Crippen LogP contribution in [0.25, 0.3) is 11.3 Å². The summed E-state index contributed by atoms with van der Waals surface area (Å²) in [5.41, 5.74) is 6.02. The second kappa shape index (κ2) is 10.7. The number of hydrogen-bond acceptors (Lipinski definition) is 4. The van der Waals surface area contributed by atoms with Gasteiger partial charge in [0.1, 0.15) is 0 Å². The van der Waals surface area contributed by atoms with Gasteiger partial charge in [-0.2, -0.15) is 0 Å². The largest absolute Gasteiger partial charge is 0.441 e. The van der Waals surface area contributed by atoms with Crippen molar-refractivity contribution in [3.8, 4) is 11.3 Å². The Hall–Kier alpha value is -0.980. The van der Waals surface area contributed by atoms with E-state index in [1.54, 1.807) is 24.4 Å². The zero-order valence-electron chi connectivity index (χ0n) is 12.1. The van der Waals surface area contributed by atoms with E-state index in [1.165, 1.54) is 0 Å². The van der Waals surface area contributed by atoms with Crippen molar-refractivity contribution in [1.29, 1.82) is 0 Å². The lowest BCUT2D eigenvalue weighted by atomic mass is 10.2. The topological polar surface area (TPSA) is 81.1 Å². The van der Waals surface area contributed by atoms with Gasteiger partial charge in [0, 0.05) is 36.5 Å². The lowest BCUT2D eigenvalue weighted by molar-refractivity contribution is -0.121. The van der Waals surface area contributed by atoms with Gasteiger partial charge in [0.15, 0.2) is 11.7 Å². The van der Waals surface area contributed by atoms with Crippen molar-refractivity contribution in [2.24, 2.45) is 5.73 Å². The van der Waals surface area contributed by atoms with Gasteiger partial charge >= 0.3 is 0 Å². The highest BCUT2D eigenvalue weighted by Crippen LogP contribution is 2.30. The Balaban J connectivity index is 0.00000242. The number of oxazole rings is 1. The second-order valence-corrected chi connectivity index (χ2v) is 5.22. The lowest BCUT2D eigenvalue weighted by Gasteiger charge is -2.02. The predicted octanol–water partition coefficient (Wildman–Crippen LogP) is 3.50. The second-order valence-electron chi connectivity index (χ2n) is 4.38. The zero-order chi connectivity index (χ0) is 15.2. The van der Waals surface area contributed by atoms with Crippen LogP contribution in [0.5, 0.6) is 0 Å². The number of amides is 1. The van der Waals surface area contributed by atoms with Crippen molar-refractivity contribution >= 4 is 53.9 Å². The molecular weight excluding hydrogens is 384 g/mol. The number of rotatable bonds is 6. The van der Waals surface area contributed by atoms with E-state index in [4.69, 9.17) is 33.4 Å². The summed E-state index contributed by atoms with van der Waals surface area (Å²) in [5, 5.41) is 3.73. The third-order valence-corrected chi connectivity index (χ3v) is 3.33. The molecule has 0 spiro atoms. The number of aromatic nitrogens is 1. The van der Waals surface area contributed by atoms with Crippen LogP contribution in [0.1, 0.15) is 12.3 Å². The first kappa shape index (κ1) is 22.0. The smallest absolute Gasteiger partial charge is 0.220 e. The SMILES string of the molecule is Cl.Cl.NCCNC(=O)CCc1ncc(-c2ccc(Cl)cc2Cl)o1. The fourth-order valence-electron chi connectivity index (χ4n) is 1.76. The van der Waals surface area contributed by atoms with Crippen LogP contribution in [-0.4, -0.2) is 24.0 Å². The Labute approximate surface area is 156 Å². The number of carbonyl (C=O) groups is 1. The monoisotopic (exact) mass is 399 g/mol. The number of nitrogens with zero attached hydrogens (tertiary/aromatic N) is 1. The molecule has 9 heteroatoms.